The van der Waals surface area contributed by atoms with Gasteiger partial charge in [-0.3, -0.25) is 91.1 Å². The Labute approximate surface area is 854 Å². The van der Waals surface area contributed by atoms with Gasteiger partial charge in [-0.25, -0.2) is 0 Å². The van der Waals surface area contributed by atoms with Gasteiger partial charge >= 0.3 is 0 Å². The summed E-state index contributed by atoms with van der Waals surface area (Å²) in [4.78, 5) is 270. The second-order valence-electron chi connectivity index (χ2n) is 40.1. The number of aromatic amines is 1. The van der Waals surface area contributed by atoms with E-state index in [9.17, 15) is 91.1 Å². The van der Waals surface area contributed by atoms with Crippen molar-refractivity contribution in [1.29, 1.82) is 0 Å². The summed E-state index contributed by atoms with van der Waals surface area (Å²) in [6.45, 7) is 31.1. The van der Waals surface area contributed by atoms with Gasteiger partial charge in [-0.2, -0.15) is 12.6 Å². The molecule has 1 aromatic carbocycles. The average molecular weight is 2050 g/mol. The number of unbranched alkanes of at least 4 members (excludes halogenated alkanes) is 5. The lowest BCUT2D eigenvalue weighted by atomic mass is 10.00. The summed E-state index contributed by atoms with van der Waals surface area (Å²) in [6, 6.07) is -16.8. The van der Waals surface area contributed by atoms with Crippen LogP contribution in [0.1, 0.15) is 265 Å². The molecule has 33 N–H and O–H groups in total. The molecule has 45 nitrogen and oxygen atoms in total. The van der Waals surface area contributed by atoms with Crippen molar-refractivity contribution in [3.8, 4) is 0 Å². The van der Waals surface area contributed by atoms with Gasteiger partial charge in [0.25, 0.3) is 0 Å². The molecule has 1 heterocycles. The second kappa shape index (κ2) is 68.2. The summed E-state index contributed by atoms with van der Waals surface area (Å²) in [7, 11) is 0. The Morgan fingerprint density at radius 3 is 0.722 bits per heavy atom. The Balaban J connectivity index is 2.38. The topological polar surface area (TPSA) is 739 Å². The number of para-hydroxylation sites is 1. The maximum atomic E-state index is 14.9. The van der Waals surface area contributed by atoms with Gasteiger partial charge in [0.15, 0.2) is 0 Å². The fraction of sp³-hybridized carbons (Fsp3) is 0.724. The normalized spacial score (nSPS) is 15.5. The van der Waals surface area contributed by atoms with Crippen LogP contribution in [0.4, 0.5) is 0 Å². The molecule has 0 unspecified atom stereocenters. The number of thiol groups is 1. The first-order chi connectivity index (χ1) is 67.8. The summed E-state index contributed by atoms with van der Waals surface area (Å²) >= 11 is 4.04. The molecule has 0 fully saturated rings. The monoisotopic (exact) mass is 2050 g/mol. The number of hydrogen-bond acceptors (Lipinski definition) is 26. The van der Waals surface area contributed by atoms with Crippen molar-refractivity contribution < 1.29 is 91.1 Å². The van der Waals surface area contributed by atoms with Crippen molar-refractivity contribution >= 4 is 136 Å². The fourth-order valence-electron chi connectivity index (χ4n) is 15.5. The third-order valence-corrected chi connectivity index (χ3v) is 24.1. The van der Waals surface area contributed by atoms with E-state index in [1.165, 1.54) is 41.5 Å². The second-order valence-corrected chi connectivity index (χ2v) is 40.4. The quantitative estimate of drug-likeness (QED) is 0.0257. The highest BCUT2D eigenvalue weighted by Gasteiger charge is 2.40. The van der Waals surface area contributed by atoms with Crippen molar-refractivity contribution in [2.45, 2.75) is 381 Å². The molecule has 0 bridgehead atoms. The van der Waals surface area contributed by atoms with E-state index in [0.717, 1.165) is 10.9 Å². The average Bonchev–Trinajstić information content (AvgIpc) is 1.64. The fourth-order valence-corrected chi connectivity index (χ4v) is 15.8. The van der Waals surface area contributed by atoms with Crippen LogP contribution in [0.25, 0.3) is 10.9 Å². The number of benzene rings is 1. The van der Waals surface area contributed by atoms with Gasteiger partial charge < -0.3 is 141 Å². The first kappa shape index (κ1) is 129. The molecule has 0 aliphatic rings. The Kier molecular flexibility index (Phi) is 61.1. The molecule has 0 saturated carbocycles. The number of fused-ring (bicyclic) bond motifs is 1. The first-order valence-electron chi connectivity index (χ1n) is 50.9. The number of carbonyl (C=O) groups is 19. The Bertz CT molecular complexity index is 4440. The van der Waals surface area contributed by atoms with Gasteiger partial charge in [0.05, 0.1) is 6.04 Å². The van der Waals surface area contributed by atoms with Crippen LogP contribution >= 0.6 is 12.6 Å². The van der Waals surface area contributed by atoms with Crippen LogP contribution in [-0.2, 0) is 97.5 Å². The molecule has 1 aromatic heterocycles. The van der Waals surface area contributed by atoms with Gasteiger partial charge in [0.2, 0.25) is 112 Å². The molecule has 0 aliphatic heterocycles. The summed E-state index contributed by atoms with van der Waals surface area (Å²) < 4.78 is 0. The van der Waals surface area contributed by atoms with E-state index < -0.39 is 227 Å². The number of primary amides is 1. The number of nitrogens with two attached hydrogens (primary N) is 7. The summed E-state index contributed by atoms with van der Waals surface area (Å²) in [5.41, 5.74) is 42.0. The predicted octanol–water partition coefficient (Wildman–Crippen LogP) is -1.78. The van der Waals surface area contributed by atoms with Crippen LogP contribution in [0.2, 0.25) is 0 Å². The lowest BCUT2D eigenvalue weighted by Crippen LogP contribution is -2.60. The van der Waals surface area contributed by atoms with Gasteiger partial charge in [-0.15, -0.1) is 0 Å². The Morgan fingerprint density at radius 1 is 0.257 bits per heavy atom. The molecule has 46 heteroatoms. The maximum absolute atomic E-state index is 14.9. The minimum atomic E-state index is -1.38. The van der Waals surface area contributed by atoms with Crippen LogP contribution in [0.3, 0.4) is 0 Å². The lowest BCUT2D eigenvalue weighted by Gasteiger charge is -2.28. The molecule has 0 aliphatic carbocycles. The number of rotatable bonds is 72. The van der Waals surface area contributed by atoms with Crippen LogP contribution in [-0.4, -0.2) is 270 Å². The molecule has 144 heavy (non-hydrogen) atoms. The number of carbonyl (C=O) groups excluding carboxylic acids is 19. The minimum absolute atomic E-state index is 0.000533. The van der Waals surface area contributed by atoms with E-state index in [1.807, 2.05) is 32.0 Å². The van der Waals surface area contributed by atoms with Gasteiger partial charge in [-0.1, -0.05) is 108 Å². The third-order valence-electron chi connectivity index (χ3n) is 23.8. The zero-order valence-corrected chi connectivity index (χ0v) is 88.8. The molecule has 19 amide bonds. The third kappa shape index (κ3) is 49.1. The molecule has 2 rings (SSSR count). The molecule has 0 radical (unpaired) electrons. The summed E-state index contributed by atoms with van der Waals surface area (Å²) in [5.74, 6) is -16.1. The smallest absolute Gasteiger partial charge is 0.243 e. The van der Waals surface area contributed by atoms with E-state index in [1.54, 1.807) is 81.5 Å². The van der Waals surface area contributed by atoms with E-state index in [4.69, 9.17) is 40.1 Å². The molecular formula is C98H174N26O19S. The lowest BCUT2D eigenvalue weighted by molar-refractivity contribution is -0.136. The number of H-pyrrole nitrogens is 1. The standard InChI is InChI=1S/C98H174N26O19S/c1-52(2)43-72(121-87(132)66(104)32-21-26-38-99)92(137)110-62(17)85(130)120-78(49-64-50-106-67-33-20-19-31-65(64)67)98(143)116-71(37-25-30-42-103)91(136)123-73(44-53(3)4)93(138)111-61(16)84(129)119-76(47-56(9)10)96(141)114-69(35-23-28-40-101)89(134)109-60(15)83(128)118-75(46-55(7)8)95(140)113-68(34-22-27-39-100)88(133)108-58(13)81(126)107-59(14)82(127)117-77(48-57(11)12)97(142)115-70(36-24-29-41-102)90(135)122-74(45-54(5)6)94(139)112-63(18)86(131)124-79(51-144)80(105)125/h19-20,31,33,50,52-63,66,68-79,106,144H,21-30,32,34-49,51,99-104H2,1-18H3,(H2,105,125)(H,107,126)(H,108,133)(H,109,134)(H,110,137)(H,111,138)(H,112,139)(H,113,140)(H,114,141)(H,115,142)(H,116,143)(H,117,127)(H,118,128)(H,119,129)(H,120,130)(H,121,132)(H,122,135)(H,123,136)(H,124,131)/t58-,59-,60-,61-,62-,63-,66-,68-,69-,70-,71-,72-,73-,74-,75-,76-,77-,78-,79-/m0/s1. The summed E-state index contributed by atoms with van der Waals surface area (Å²) in [6.07, 6.45) is 6.71. The van der Waals surface area contributed by atoms with Gasteiger partial charge in [0, 0.05) is 29.3 Å². The van der Waals surface area contributed by atoms with E-state index >= 15 is 0 Å². The largest absolute Gasteiger partial charge is 0.368 e. The highest BCUT2D eigenvalue weighted by molar-refractivity contribution is 7.80. The SMILES string of the molecule is CC(C)C[C@H](NC(=O)[C@H](C)NC(=O)[C@H](CCCCN)NC(=O)[C@H](CC(C)C)NC(=O)[C@H](C)NC(=O)[C@H](CC(C)C)NC(=O)[C@H](CCCCN)NC(=O)[C@H](Cc1c[nH]c2ccccc12)NC(=O)[C@H](C)NC(=O)[C@H](CC(C)C)NC(=O)[C@@H](N)CCCCN)C(=O)N[C@@H](CCCCN)C(=O)N[C@@H](C)C(=O)N[C@@H](C)C(=O)N[C@@H](CC(C)C)C(=O)N[C@@H](CCCCN)C(=O)N[C@@H](CC(C)C)C(=O)N[C@@H](C)C(=O)N[C@@H](CS)C(N)=O. The molecule has 816 valence electrons. The van der Waals surface area contributed by atoms with Crippen LogP contribution in [0, 0.1) is 35.5 Å². The first-order valence-corrected chi connectivity index (χ1v) is 51.6. The van der Waals surface area contributed by atoms with E-state index in [2.05, 4.69) is 113 Å². The number of nitrogens with one attached hydrogen (secondary N) is 19. The Hall–Kier alpha value is -11.2. The van der Waals surface area contributed by atoms with Crippen molar-refractivity contribution in [3.05, 3.63) is 36.0 Å². The van der Waals surface area contributed by atoms with Crippen molar-refractivity contribution in [2.24, 2.45) is 75.6 Å². The highest BCUT2D eigenvalue weighted by atomic mass is 32.1. The number of aromatic nitrogens is 1. The maximum Gasteiger partial charge on any atom is 0.243 e. The molecule has 2 aromatic rings. The molecule has 19 atom stereocenters. The predicted molar refractivity (Wildman–Crippen MR) is 553 cm³/mol. The van der Waals surface area contributed by atoms with Crippen LogP contribution in [0.5, 0.6) is 0 Å². The molecule has 0 saturated heterocycles. The number of hydrogen-bond donors (Lipinski definition) is 27. The van der Waals surface area contributed by atoms with Crippen LogP contribution in [0.15, 0.2) is 30.5 Å². The zero-order valence-electron chi connectivity index (χ0n) is 87.9. The zero-order chi connectivity index (χ0) is 109. The van der Waals surface area contributed by atoms with Crippen molar-refractivity contribution in [1.82, 2.24) is 101 Å². The van der Waals surface area contributed by atoms with E-state index in [0.29, 0.717) is 82.7 Å². The van der Waals surface area contributed by atoms with Gasteiger partial charge in [-0.05, 0) is 250 Å². The Morgan fingerprint density at radius 2 is 0.458 bits per heavy atom. The van der Waals surface area contributed by atoms with Crippen LogP contribution < -0.4 is 136 Å². The summed E-state index contributed by atoms with van der Waals surface area (Å²) in [5, 5.41) is 48.9. The molecular weight excluding hydrogens is 1880 g/mol. The van der Waals surface area contributed by atoms with Gasteiger partial charge in [0.1, 0.15) is 109 Å². The van der Waals surface area contributed by atoms with E-state index in [-0.39, 0.29) is 138 Å². The van der Waals surface area contributed by atoms with Crippen molar-refractivity contribution in [3.63, 3.8) is 0 Å². The van der Waals surface area contributed by atoms with Crippen molar-refractivity contribution in [2.75, 3.05) is 38.5 Å². The minimum Gasteiger partial charge on any atom is -0.368 e. The number of amides is 19. The molecule has 0 spiro atoms. The highest BCUT2D eigenvalue weighted by Crippen LogP contribution is 2.22.